The number of carboxylic acids is 1. The van der Waals surface area contributed by atoms with E-state index in [0.29, 0.717) is 5.92 Å². The summed E-state index contributed by atoms with van der Waals surface area (Å²) in [5.74, 6) is -0.425. The molecule has 1 atom stereocenters. The van der Waals surface area contributed by atoms with Crippen LogP contribution in [0, 0.1) is 5.92 Å². The Balaban J connectivity index is 1.93. The highest BCUT2D eigenvalue weighted by Gasteiger charge is 2.35. The molecule has 3 heterocycles. The number of piperidine rings is 3. The van der Waals surface area contributed by atoms with Gasteiger partial charge < -0.3 is 20.2 Å². The van der Waals surface area contributed by atoms with Gasteiger partial charge in [-0.15, -0.1) is 0 Å². The van der Waals surface area contributed by atoms with Crippen molar-refractivity contribution in [1.82, 2.24) is 15.1 Å². The molecule has 3 saturated heterocycles. The van der Waals surface area contributed by atoms with E-state index in [2.05, 4.69) is 10.2 Å². The lowest BCUT2D eigenvalue weighted by Gasteiger charge is -2.45. The van der Waals surface area contributed by atoms with Gasteiger partial charge in [-0.25, -0.2) is 4.79 Å². The van der Waals surface area contributed by atoms with Gasteiger partial charge in [0.05, 0.1) is 0 Å². The van der Waals surface area contributed by atoms with Crippen LogP contribution < -0.4 is 5.32 Å². The van der Waals surface area contributed by atoms with Gasteiger partial charge in [-0.3, -0.25) is 4.79 Å². The lowest BCUT2D eigenvalue weighted by molar-refractivity contribution is -0.138. The Kier molecular flexibility index (Phi) is 4.29. The number of hydrogen-bond donors (Lipinski definition) is 2. The van der Waals surface area contributed by atoms with Crippen molar-refractivity contribution in [2.24, 2.45) is 5.92 Å². The summed E-state index contributed by atoms with van der Waals surface area (Å²) < 4.78 is 0. The molecule has 0 spiro atoms. The van der Waals surface area contributed by atoms with E-state index in [-0.39, 0.29) is 24.7 Å². The number of amides is 2. The first-order chi connectivity index (χ1) is 8.97. The summed E-state index contributed by atoms with van der Waals surface area (Å²) in [4.78, 5) is 26.7. The third-order valence-electron chi connectivity index (χ3n) is 4.15. The van der Waals surface area contributed by atoms with Crippen molar-refractivity contribution in [2.75, 3.05) is 26.2 Å². The third-order valence-corrected chi connectivity index (χ3v) is 4.15. The largest absolute Gasteiger partial charge is 0.480 e. The van der Waals surface area contributed by atoms with Crippen LogP contribution in [0.5, 0.6) is 0 Å². The van der Waals surface area contributed by atoms with Crippen molar-refractivity contribution in [2.45, 2.75) is 38.8 Å². The summed E-state index contributed by atoms with van der Waals surface area (Å²) >= 11 is 0. The molecular formula is C13H23N3O3. The monoisotopic (exact) mass is 269 g/mol. The van der Waals surface area contributed by atoms with E-state index < -0.39 is 5.97 Å². The van der Waals surface area contributed by atoms with Gasteiger partial charge in [0.2, 0.25) is 0 Å². The van der Waals surface area contributed by atoms with E-state index in [1.54, 1.807) is 0 Å². The molecule has 3 aliphatic rings. The number of nitrogens with one attached hydrogen (secondary N) is 1. The van der Waals surface area contributed by atoms with Crippen LogP contribution in [0.2, 0.25) is 0 Å². The summed E-state index contributed by atoms with van der Waals surface area (Å²) in [6.45, 7) is 6.57. The molecule has 0 aromatic heterocycles. The number of rotatable bonds is 4. The second kappa shape index (κ2) is 5.77. The highest BCUT2D eigenvalue weighted by molar-refractivity contribution is 5.80. The highest BCUT2D eigenvalue weighted by atomic mass is 16.4. The standard InChI is InChI=1S/C13H23N3O3/c1-9(2)16(8-12(17)18)13(19)14-11-7-15-5-3-10(11)4-6-15/h9-11H,3-8H2,1-2H3,(H,14,19)(H,17,18). The number of aliphatic carboxylic acids is 1. The van der Waals surface area contributed by atoms with E-state index in [0.717, 1.165) is 32.5 Å². The van der Waals surface area contributed by atoms with Gasteiger partial charge in [-0.1, -0.05) is 0 Å². The molecule has 0 aromatic carbocycles. The zero-order chi connectivity index (χ0) is 14.0. The molecule has 1 unspecified atom stereocenters. The second-order valence-corrected chi connectivity index (χ2v) is 5.81. The van der Waals surface area contributed by atoms with Crippen molar-refractivity contribution in [3.8, 4) is 0 Å². The Bertz CT molecular complexity index is 351. The molecule has 0 aliphatic carbocycles. The highest BCUT2D eigenvalue weighted by Crippen LogP contribution is 2.27. The lowest BCUT2D eigenvalue weighted by Crippen LogP contribution is -2.60. The number of carbonyl (C=O) groups excluding carboxylic acids is 1. The van der Waals surface area contributed by atoms with E-state index in [1.165, 1.54) is 4.90 Å². The van der Waals surface area contributed by atoms with Crippen LogP contribution in [0.4, 0.5) is 4.79 Å². The maximum Gasteiger partial charge on any atom is 0.323 e. The van der Waals surface area contributed by atoms with E-state index in [4.69, 9.17) is 5.11 Å². The number of nitrogens with zero attached hydrogens (tertiary/aromatic N) is 2. The fourth-order valence-corrected chi connectivity index (χ4v) is 3.00. The Hall–Kier alpha value is -1.30. The smallest absolute Gasteiger partial charge is 0.323 e. The van der Waals surface area contributed by atoms with Crippen molar-refractivity contribution in [1.29, 1.82) is 0 Å². The van der Waals surface area contributed by atoms with Crippen LogP contribution in [0.3, 0.4) is 0 Å². The van der Waals surface area contributed by atoms with Gasteiger partial charge in [-0.05, 0) is 45.7 Å². The molecule has 3 fully saturated rings. The summed E-state index contributed by atoms with van der Waals surface area (Å²) in [6.07, 6.45) is 2.26. The Morgan fingerprint density at radius 1 is 1.37 bits per heavy atom. The molecule has 2 bridgehead atoms. The predicted octanol–water partition coefficient (Wildman–Crippen LogP) is 0.585. The van der Waals surface area contributed by atoms with Crippen LogP contribution in [0.25, 0.3) is 0 Å². The zero-order valence-corrected chi connectivity index (χ0v) is 11.6. The summed E-state index contributed by atoms with van der Waals surface area (Å²) in [6, 6.07) is -0.196. The number of carboxylic acid groups (broad SMARTS) is 1. The first-order valence-corrected chi connectivity index (χ1v) is 6.98. The quantitative estimate of drug-likeness (QED) is 0.783. The molecule has 3 rings (SSSR count). The number of fused-ring (bicyclic) bond motifs is 3. The summed E-state index contributed by atoms with van der Waals surface area (Å²) in [5, 5.41) is 11.9. The minimum absolute atomic E-state index is 0.114. The molecule has 3 aliphatic heterocycles. The predicted molar refractivity (Wildman–Crippen MR) is 71.0 cm³/mol. The average molecular weight is 269 g/mol. The normalized spacial score (nSPS) is 29.3. The van der Waals surface area contributed by atoms with Crippen molar-refractivity contribution < 1.29 is 14.7 Å². The summed E-state index contributed by atoms with van der Waals surface area (Å²) in [5.41, 5.74) is 0. The Morgan fingerprint density at radius 3 is 2.42 bits per heavy atom. The number of carbonyl (C=O) groups is 2. The van der Waals surface area contributed by atoms with E-state index >= 15 is 0 Å². The second-order valence-electron chi connectivity index (χ2n) is 5.81. The molecule has 0 radical (unpaired) electrons. The Morgan fingerprint density at radius 2 is 2.00 bits per heavy atom. The minimum Gasteiger partial charge on any atom is -0.480 e. The third kappa shape index (κ3) is 3.37. The molecule has 0 saturated carbocycles. The van der Waals surface area contributed by atoms with Crippen LogP contribution in [-0.2, 0) is 4.79 Å². The fourth-order valence-electron chi connectivity index (χ4n) is 3.00. The molecule has 2 amide bonds. The van der Waals surface area contributed by atoms with Crippen LogP contribution in [0.15, 0.2) is 0 Å². The molecule has 2 N–H and O–H groups in total. The van der Waals surface area contributed by atoms with E-state index in [9.17, 15) is 9.59 Å². The van der Waals surface area contributed by atoms with Crippen LogP contribution in [0.1, 0.15) is 26.7 Å². The van der Waals surface area contributed by atoms with Gasteiger partial charge in [0.1, 0.15) is 6.54 Å². The maximum atomic E-state index is 12.2. The van der Waals surface area contributed by atoms with Gasteiger partial charge >= 0.3 is 12.0 Å². The summed E-state index contributed by atoms with van der Waals surface area (Å²) in [7, 11) is 0. The number of hydrogen-bond acceptors (Lipinski definition) is 3. The lowest BCUT2D eigenvalue weighted by atomic mass is 9.84. The first kappa shape index (κ1) is 14.1. The van der Waals surface area contributed by atoms with Gasteiger partial charge in [0.15, 0.2) is 0 Å². The molecule has 6 heteroatoms. The zero-order valence-electron chi connectivity index (χ0n) is 11.6. The van der Waals surface area contributed by atoms with E-state index in [1.807, 2.05) is 13.8 Å². The topological polar surface area (TPSA) is 72.9 Å². The molecule has 19 heavy (non-hydrogen) atoms. The average Bonchev–Trinajstić information content (AvgIpc) is 2.36. The molecular weight excluding hydrogens is 246 g/mol. The van der Waals surface area contributed by atoms with Crippen molar-refractivity contribution in [3.63, 3.8) is 0 Å². The van der Waals surface area contributed by atoms with Crippen molar-refractivity contribution >= 4 is 12.0 Å². The Labute approximate surface area is 113 Å². The van der Waals surface area contributed by atoms with Gasteiger partial charge in [-0.2, -0.15) is 0 Å². The van der Waals surface area contributed by atoms with Gasteiger partial charge in [0, 0.05) is 18.6 Å². The fraction of sp³-hybridized carbons (Fsp3) is 0.846. The van der Waals surface area contributed by atoms with Crippen LogP contribution >= 0.6 is 0 Å². The maximum absolute atomic E-state index is 12.2. The molecule has 6 nitrogen and oxygen atoms in total. The van der Waals surface area contributed by atoms with Crippen LogP contribution in [-0.4, -0.2) is 65.2 Å². The minimum atomic E-state index is -0.974. The SMILES string of the molecule is CC(C)N(CC(=O)O)C(=O)NC1CN2CCC1CC2. The number of urea groups is 1. The molecule has 108 valence electrons. The molecule has 0 aromatic rings. The van der Waals surface area contributed by atoms with Crippen molar-refractivity contribution in [3.05, 3.63) is 0 Å². The van der Waals surface area contributed by atoms with Gasteiger partial charge in [0.25, 0.3) is 0 Å². The first-order valence-electron chi connectivity index (χ1n) is 6.98.